The average molecular weight is 387 g/mol. The lowest BCUT2D eigenvalue weighted by Crippen LogP contribution is -2.42. The summed E-state index contributed by atoms with van der Waals surface area (Å²) in [6, 6.07) is 15.3. The third kappa shape index (κ3) is 5.24. The summed E-state index contributed by atoms with van der Waals surface area (Å²) in [5, 5.41) is 3.83. The number of halogens is 1. The maximum Gasteiger partial charge on any atom is 0.251 e. The fraction of sp³-hybridized carbons (Fsp3) is 0.409. The Bertz CT molecular complexity index is 755. The van der Waals surface area contributed by atoms with Crippen molar-refractivity contribution < 1.29 is 9.53 Å². The van der Waals surface area contributed by atoms with E-state index in [2.05, 4.69) is 29.3 Å². The molecule has 0 saturated carbocycles. The maximum atomic E-state index is 12.6. The Morgan fingerprint density at radius 2 is 1.93 bits per heavy atom. The van der Waals surface area contributed by atoms with E-state index >= 15 is 0 Å². The number of rotatable bonds is 6. The largest absolute Gasteiger partial charge is 0.497 e. The van der Waals surface area contributed by atoms with Crippen LogP contribution in [0.25, 0.3) is 0 Å². The van der Waals surface area contributed by atoms with Gasteiger partial charge in [0.1, 0.15) is 5.75 Å². The molecule has 4 nitrogen and oxygen atoms in total. The highest BCUT2D eigenvalue weighted by atomic mass is 35.5. The quantitative estimate of drug-likeness (QED) is 0.791. The van der Waals surface area contributed by atoms with Gasteiger partial charge in [0.05, 0.1) is 13.2 Å². The first-order valence-corrected chi connectivity index (χ1v) is 9.86. The molecule has 0 radical (unpaired) electrons. The minimum absolute atomic E-state index is 0.0850. The molecule has 1 amide bonds. The Morgan fingerprint density at radius 1 is 1.22 bits per heavy atom. The van der Waals surface area contributed by atoms with Gasteiger partial charge in [-0.15, -0.1) is 0 Å². The molecule has 0 aliphatic carbocycles. The van der Waals surface area contributed by atoms with Gasteiger partial charge in [-0.2, -0.15) is 0 Å². The van der Waals surface area contributed by atoms with Crippen molar-refractivity contribution in [3.8, 4) is 5.75 Å². The Balaban J connectivity index is 1.72. The van der Waals surface area contributed by atoms with E-state index < -0.39 is 0 Å². The molecule has 1 aliphatic rings. The van der Waals surface area contributed by atoms with Gasteiger partial charge in [0.15, 0.2) is 0 Å². The summed E-state index contributed by atoms with van der Waals surface area (Å²) in [5.41, 5.74) is 1.79. The van der Waals surface area contributed by atoms with Gasteiger partial charge in [-0.25, -0.2) is 0 Å². The topological polar surface area (TPSA) is 41.6 Å². The first-order valence-electron chi connectivity index (χ1n) is 9.48. The van der Waals surface area contributed by atoms with E-state index in [0.717, 1.165) is 24.0 Å². The fourth-order valence-corrected chi connectivity index (χ4v) is 3.66. The Morgan fingerprint density at radius 3 is 2.59 bits per heavy atom. The number of amides is 1. The van der Waals surface area contributed by atoms with Gasteiger partial charge in [-0.1, -0.05) is 36.7 Å². The van der Waals surface area contributed by atoms with E-state index in [-0.39, 0.29) is 11.9 Å². The van der Waals surface area contributed by atoms with Crippen LogP contribution in [0.3, 0.4) is 0 Å². The molecule has 1 N–H and O–H groups in total. The summed E-state index contributed by atoms with van der Waals surface area (Å²) in [6.45, 7) is 4.96. The molecule has 0 aromatic heterocycles. The maximum absolute atomic E-state index is 12.6. The minimum atomic E-state index is -0.0850. The molecule has 3 rings (SSSR count). The summed E-state index contributed by atoms with van der Waals surface area (Å²) in [6.07, 6.45) is 2.38. The summed E-state index contributed by atoms with van der Waals surface area (Å²) < 4.78 is 5.22. The van der Waals surface area contributed by atoms with Gasteiger partial charge in [0, 0.05) is 17.1 Å². The Labute approximate surface area is 166 Å². The number of hydrogen-bond donors (Lipinski definition) is 1. The van der Waals surface area contributed by atoms with Crippen molar-refractivity contribution >= 4 is 17.5 Å². The van der Waals surface area contributed by atoms with Crippen LogP contribution in [0.2, 0.25) is 5.02 Å². The number of methoxy groups -OCH3 is 1. The molecule has 2 aromatic rings. The summed E-state index contributed by atoms with van der Waals surface area (Å²) in [7, 11) is 1.60. The highest BCUT2D eigenvalue weighted by molar-refractivity contribution is 6.30. The molecular formula is C22H27ClN2O2. The van der Waals surface area contributed by atoms with Crippen molar-refractivity contribution in [1.29, 1.82) is 0 Å². The van der Waals surface area contributed by atoms with Crippen molar-refractivity contribution in [2.45, 2.75) is 25.8 Å². The molecule has 1 atom stereocenters. The molecule has 1 saturated heterocycles. The lowest BCUT2D eigenvalue weighted by Gasteiger charge is -2.37. The summed E-state index contributed by atoms with van der Waals surface area (Å²) >= 11 is 6.06. The van der Waals surface area contributed by atoms with Crippen LogP contribution in [0.15, 0.2) is 48.5 Å². The first-order chi connectivity index (χ1) is 13.1. The van der Waals surface area contributed by atoms with Crippen LogP contribution in [0.1, 0.15) is 41.7 Å². The lowest BCUT2D eigenvalue weighted by molar-refractivity contribution is 0.0912. The minimum Gasteiger partial charge on any atom is -0.497 e. The number of carbonyl (C=O) groups excluding carboxylic acids is 1. The second kappa shape index (κ2) is 9.25. The molecule has 1 aliphatic heterocycles. The van der Waals surface area contributed by atoms with E-state index in [1.807, 2.05) is 24.3 Å². The Kier molecular flexibility index (Phi) is 6.75. The third-order valence-electron chi connectivity index (χ3n) is 5.30. The van der Waals surface area contributed by atoms with Crippen molar-refractivity contribution in [2.24, 2.45) is 5.92 Å². The van der Waals surface area contributed by atoms with Crippen LogP contribution in [0.4, 0.5) is 0 Å². The second-order valence-corrected chi connectivity index (χ2v) is 7.66. The van der Waals surface area contributed by atoms with Gasteiger partial charge in [0.25, 0.3) is 5.91 Å². The van der Waals surface area contributed by atoms with E-state index in [0.29, 0.717) is 17.9 Å². The predicted octanol–water partition coefficient (Wildman–Crippen LogP) is 4.55. The van der Waals surface area contributed by atoms with E-state index in [4.69, 9.17) is 16.3 Å². The van der Waals surface area contributed by atoms with Gasteiger partial charge >= 0.3 is 0 Å². The predicted molar refractivity (Wildman–Crippen MR) is 109 cm³/mol. The molecule has 0 bridgehead atoms. The highest BCUT2D eigenvalue weighted by Gasteiger charge is 2.25. The second-order valence-electron chi connectivity index (χ2n) is 7.23. The normalized spacial score (nSPS) is 16.7. The number of ether oxygens (including phenoxy) is 1. The standard InChI is InChI=1S/C22H27ClN2O2/c1-16-10-12-25(13-11-16)21(17-6-8-19(23)9-7-17)15-24-22(26)18-4-3-5-20(14-18)27-2/h3-9,14,16,21H,10-13,15H2,1-2H3,(H,24,26). The van der Waals surface area contributed by atoms with Crippen molar-refractivity contribution in [3.05, 3.63) is 64.7 Å². The van der Waals surface area contributed by atoms with Crippen LogP contribution in [0.5, 0.6) is 5.75 Å². The monoisotopic (exact) mass is 386 g/mol. The number of piperidine rings is 1. The number of benzene rings is 2. The van der Waals surface area contributed by atoms with Crippen LogP contribution >= 0.6 is 11.6 Å². The summed E-state index contributed by atoms with van der Waals surface area (Å²) in [5.74, 6) is 1.36. The molecular weight excluding hydrogens is 360 g/mol. The SMILES string of the molecule is COc1cccc(C(=O)NCC(c2ccc(Cl)cc2)N2CCC(C)CC2)c1. The van der Waals surface area contributed by atoms with Crippen LogP contribution < -0.4 is 10.1 Å². The van der Waals surface area contributed by atoms with Gasteiger partial charge in [-0.3, -0.25) is 9.69 Å². The zero-order valence-electron chi connectivity index (χ0n) is 16.0. The fourth-order valence-electron chi connectivity index (χ4n) is 3.54. The molecule has 5 heteroatoms. The average Bonchev–Trinajstić information content (AvgIpc) is 2.70. The number of nitrogens with zero attached hydrogens (tertiary/aromatic N) is 1. The van der Waals surface area contributed by atoms with E-state index in [1.165, 1.54) is 18.4 Å². The number of carbonyl (C=O) groups is 1. The molecule has 1 unspecified atom stereocenters. The molecule has 27 heavy (non-hydrogen) atoms. The third-order valence-corrected chi connectivity index (χ3v) is 5.55. The smallest absolute Gasteiger partial charge is 0.251 e. The van der Waals surface area contributed by atoms with Gasteiger partial charge < -0.3 is 10.1 Å². The number of likely N-dealkylation sites (tertiary alicyclic amines) is 1. The Hall–Kier alpha value is -2.04. The first kappa shape index (κ1) is 19.7. The van der Waals surface area contributed by atoms with Crippen LogP contribution in [-0.2, 0) is 0 Å². The number of hydrogen-bond acceptors (Lipinski definition) is 3. The van der Waals surface area contributed by atoms with Crippen molar-refractivity contribution in [2.75, 3.05) is 26.7 Å². The van der Waals surface area contributed by atoms with E-state index in [1.54, 1.807) is 19.2 Å². The van der Waals surface area contributed by atoms with Gasteiger partial charge in [-0.05, 0) is 67.7 Å². The highest BCUT2D eigenvalue weighted by Crippen LogP contribution is 2.27. The van der Waals surface area contributed by atoms with E-state index in [9.17, 15) is 4.79 Å². The van der Waals surface area contributed by atoms with Gasteiger partial charge in [0.2, 0.25) is 0 Å². The van der Waals surface area contributed by atoms with Crippen molar-refractivity contribution in [1.82, 2.24) is 10.2 Å². The van der Waals surface area contributed by atoms with Crippen molar-refractivity contribution in [3.63, 3.8) is 0 Å². The molecule has 2 aromatic carbocycles. The van der Waals surface area contributed by atoms with Crippen LogP contribution in [0, 0.1) is 5.92 Å². The zero-order valence-corrected chi connectivity index (χ0v) is 16.7. The molecule has 1 heterocycles. The zero-order chi connectivity index (χ0) is 19.2. The summed E-state index contributed by atoms with van der Waals surface area (Å²) in [4.78, 5) is 15.1. The lowest BCUT2D eigenvalue weighted by atomic mass is 9.95. The van der Waals surface area contributed by atoms with Crippen LogP contribution in [-0.4, -0.2) is 37.6 Å². The molecule has 144 valence electrons. The number of nitrogens with one attached hydrogen (secondary N) is 1. The molecule has 0 spiro atoms. The molecule has 1 fully saturated rings.